The maximum absolute atomic E-state index is 12.0. The number of carbonyl (C=O) groups is 1. The number of anilines is 1. The highest BCUT2D eigenvalue weighted by Gasteiger charge is 2.11. The van der Waals surface area contributed by atoms with Gasteiger partial charge in [-0.2, -0.15) is 10.4 Å². The molecule has 1 amide bonds. The third kappa shape index (κ3) is 4.23. The Bertz CT molecular complexity index is 746. The summed E-state index contributed by atoms with van der Waals surface area (Å²) >= 11 is 0. The molecule has 0 spiro atoms. The highest BCUT2D eigenvalue weighted by molar-refractivity contribution is 5.91. The lowest BCUT2D eigenvalue weighted by Crippen LogP contribution is -2.21. The third-order valence-electron chi connectivity index (χ3n) is 3.00. The Morgan fingerprint density at radius 2 is 2.13 bits per heavy atom. The molecular weight excluding hydrogens is 296 g/mol. The van der Waals surface area contributed by atoms with Gasteiger partial charge in [-0.25, -0.2) is 0 Å². The summed E-state index contributed by atoms with van der Waals surface area (Å²) in [5.74, 6) is 1.15. The summed E-state index contributed by atoms with van der Waals surface area (Å²) in [6.07, 6.45) is 0. The van der Waals surface area contributed by atoms with Crippen molar-refractivity contribution in [3.05, 3.63) is 35.5 Å². The summed E-state index contributed by atoms with van der Waals surface area (Å²) in [7, 11) is 1.75. The zero-order valence-corrected chi connectivity index (χ0v) is 13.3. The summed E-state index contributed by atoms with van der Waals surface area (Å²) in [5.41, 5.74) is 1.28. The quantitative estimate of drug-likeness (QED) is 0.881. The van der Waals surface area contributed by atoms with E-state index in [1.165, 1.54) is 0 Å². The number of hydrogen-bond donors (Lipinski definition) is 1. The number of aryl methyl sites for hydroxylation is 2. The van der Waals surface area contributed by atoms with Crippen LogP contribution in [0.15, 0.2) is 24.3 Å². The van der Waals surface area contributed by atoms with Crippen LogP contribution in [0.2, 0.25) is 0 Å². The molecule has 0 aliphatic rings. The number of nitrogens with zero attached hydrogens (tertiary/aromatic N) is 3. The second-order valence-corrected chi connectivity index (χ2v) is 4.84. The van der Waals surface area contributed by atoms with Crippen LogP contribution in [-0.2, 0) is 11.8 Å². The molecule has 7 heteroatoms. The largest absolute Gasteiger partial charge is 0.490 e. The van der Waals surface area contributed by atoms with E-state index in [0.29, 0.717) is 29.5 Å². The summed E-state index contributed by atoms with van der Waals surface area (Å²) in [6.45, 7) is 3.94. The molecule has 0 saturated heterocycles. The number of ether oxygens (including phenoxy) is 2. The molecule has 7 nitrogen and oxygen atoms in total. The van der Waals surface area contributed by atoms with Crippen LogP contribution in [0.25, 0.3) is 0 Å². The fourth-order valence-corrected chi connectivity index (χ4v) is 2.01. The highest BCUT2D eigenvalue weighted by atomic mass is 16.5. The molecule has 1 heterocycles. The smallest absolute Gasteiger partial charge is 0.263 e. The first-order valence-corrected chi connectivity index (χ1v) is 7.13. The van der Waals surface area contributed by atoms with E-state index in [1.807, 2.05) is 19.9 Å². The molecule has 0 fully saturated rings. The van der Waals surface area contributed by atoms with Crippen molar-refractivity contribution in [2.75, 3.05) is 18.5 Å². The number of benzene rings is 1. The van der Waals surface area contributed by atoms with Crippen LogP contribution in [-0.4, -0.2) is 28.9 Å². The van der Waals surface area contributed by atoms with Crippen LogP contribution in [0.4, 0.5) is 5.82 Å². The van der Waals surface area contributed by atoms with Gasteiger partial charge in [0.2, 0.25) is 0 Å². The van der Waals surface area contributed by atoms with Gasteiger partial charge in [0.15, 0.2) is 18.1 Å². The lowest BCUT2D eigenvalue weighted by Gasteiger charge is -2.12. The minimum Gasteiger partial charge on any atom is -0.490 e. The summed E-state index contributed by atoms with van der Waals surface area (Å²) < 4.78 is 12.5. The van der Waals surface area contributed by atoms with Crippen molar-refractivity contribution < 1.29 is 14.3 Å². The molecule has 1 aromatic heterocycles. The molecule has 0 aliphatic heterocycles. The summed E-state index contributed by atoms with van der Waals surface area (Å²) in [4.78, 5) is 12.0. The fourth-order valence-electron chi connectivity index (χ4n) is 2.01. The van der Waals surface area contributed by atoms with E-state index in [4.69, 9.17) is 14.7 Å². The first-order valence-electron chi connectivity index (χ1n) is 7.13. The van der Waals surface area contributed by atoms with Crippen molar-refractivity contribution >= 4 is 11.7 Å². The molecule has 0 saturated carbocycles. The van der Waals surface area contributed by atoms with Crippen LogP contribution in [0.3, 0.4) is 0 Å². The van der Waals surface area contributed by atoms with Crippen LogP contribution < -0.4 is 14.8 Å². The van der Waals surface area contributed by atoms with E-state index in [0.717, 1.165) is 5.69 Å². The number of carbonyl (C=O) groups excluding carboxylic acids is 1. The zero-order valence-electron chi connectivity index (χ0n) is 13.3. The second kappa shape index (κ2) is 7.31. The molecular formula is C16H18N4O3. The van der Waals surface area contributed by atoms with Crippen molar-refractivity contribution in [1.82, 2.24) is 9.78 Å². The molecule has 120 valence electrons. The molecule has 1 N–H and O–H groups in total. The van der Waals surface area contributed by atoms with Gasteiger partial charge in [-0.3, -0.25) is 9.48 Å². The Labute approximate surface area is 134 Å². The monoisotopic (exact) mass is 314 g/mol. The van der Waals surface area contributed by atoms with E-state index in [2.05, 4.69) is 10.4 Å². The maximum Gasteiger partial charge on any atom is 0.263 e. The van der Waals surface area contributed by atoms with Gasteiger partial charge in [-0.1, -0.05) is 0 Å². The lowest BCUT2D eigenvalue weighted by molar-refractivity contribution is -0.118. The van der Waals surface area contributed by atoms with Gasteiger partial charge < -0.3 is 14.8 Å². The Kier molecular flexibility index (Phi) is 5.20. The minimum atomic E-state index is -0.306. The molecule has 1 aromatic carbocycles. The van der Waals surface area contributed by atoms with E-state index >= 15 is 0 Å². The van der Waals surface area contributed by atoms with Crippen molar-refractivity contribution in [3.8, 4) is 17.6 Å². The van der Waals surface area contributed by atoms with Gasteiger partial charge in [-0.05, 0) is 26.0 Å². The van der Waals surface area contributed by atoms with Gasteiger partial charge >= 0.3 is 0 Å². The summed E-state index contributed by atoms with van der Waals surface area (Å²) in [5, 5.41) is 15.8. The predicted molar refractivity (Wildman–Crippen MR) is 84.4 cm³/mol. The van der Waals surface area contributed by atoms with Gasteiger partial charge in [0.05, 0.1) is 23.9 Å². The molecule has 0 atom stereocenters. The number of nitriles is 1. The van der Waals surface area contributed by atoms with Gasteiger partial charge in [0, 0.05) is 19.2 Å². The molecule has 0 bridgehead atoms. The first kappa shape index (κ1) is 16.4. The topological polar surface area (TPSA) is 89.2 Å². The van der Waals surface area contributed by atoms with Crippen molar-refractivity contribution in [2.45, 2.75) is 13.8 Å². The van der Waals surface area contributed by atoms with E-state index in [9.17, 15) is 4.79 Å². The summed E-state index contributed by atoms with van der Waals surface area (Å²) in [6, 6.07) is 8.62. The van der Waals surface area contributed by atoms with Crippen LogP contribution >= 0.6 is 0 Å². The molecule has 0 radical (unpaired) electrons. The Morgan fingerprint density at radius 3 is 2.74 bits per heavy atom. The Hall–Kier alpha value is -3.01. The molecule has 2 aromatic rings. The normalized spacial score (nSPS) is 10.0. The molecule has 23 heavy (non-hydrogen) atoms. The number of nitrogens with one attached hydrogen (secondary N) is 1. The number of hydrogen-bond acceptors (Lipinski definition) is 5. The first-order chi connectivity index (χ1) is 11.0. The number of amides is 1. The van der Waals surface area contributed by atoms with Gasteiger partial charge in [-0.15, -0.1) is 0 Å². The average Bonchev–Trinajstić information content (AvgIpc) is 2.83. The Balaban J connectivity index is 2.01. The predicted octanol–water partition coefficient (Wildman–Crippen LogP) is 2.02. The molecule has 0 unspecified atom stereocenters. The number of aromatic nitrogens is 2. The van der Waals surface area contributed by atoms with Crippen LogP contribution in [0, 0.1) is 18.3 Å². The third-order valence-corrected chi connectivity index (χ3v) is 3.00. The lowest BCUT2D eigenvalue weighted by atomic mass is 10.2. The highest BCUT2D eigenvalue weighted by Crippen LogP contribution is 2.28. The van der Waals surface area contributed by atoms with E-state index in [1.54, 1.807) is 36.0 Å². The van der Waals surface area contributed by atoms with Crippen molar-refractivity contribution in [1.29, 1.82) is 5.26 Å². The fraction of sp³-hybridized carbons (Fsp3) is 0.312. The van der Waals surface area contributed by atoms with Crippen LogP contribution in [0.1, 0.15) is 18.2 Å². The number of rotatable bonds is 6. The van der Waals surface area contributed by atoms with Gasteiger partial charge in [0.25, 0.3) is 5.91 Å². The molecule has 2 rings (SSSR count). The minimum absolute atomic E-state index is 0.170. The van der Waals surface area contributed by atoms with E-state index < -0.39 is 0 Å². The molecule has 0 aliphatic carbocycles. The Morgan fingerprint density at radius 1 is 1.35 bits per heavy atom. The van der Waals surface area contributed by atoms with Crippen LogP contribution in [0.5, 0.6) is 11.5 Å². The van der Waals surface area contributed by atoms with Crippen molar-refractivity contribution in [3.63, 3.8) is 0 Å². The van der Waals surface area contributed by atoms with Gasteiger partial charge in [0.1, 0.15) is 5.82 Å². The van der Waals surface area contributed by atoms with Crippen molar-refractivity contribution in [2.24, 2.45) is 7.05 Å². The average molecular weight is 314 g/mol. The zero-order chi connectivity index (χ0) is 16.8. The maximum atomic E-state index is 12.0. The standard InChI is InChI=1S/C16H18N4O3/c1-4-22-14-8-12(9-17)5-6-13(14)23-10-16(21)18-15-7-11(2)19-20(15)3/h5-8H,4,10H2,1-3H3,(H,18,21). The SMILES string of the molecule is CCOc1cc(C#N)ccc1OCC(=O)Nc1cc(C)nn1C. The van der Waals surface area contributed by atoms with E-state index in [-0.39, 0.29) is 12.5 Å². The second-order valence-electron chi connectivity index (χ2n) is 4.84.